The van der Waals surface area contributed by atoms with Crippen LogP contribution in [0.1, 0.15) is 6.92 Å². The van der Waals surface area contributed by atoms with Crippen LogP contribution in [-0.2, 0) is 13.6 Å². The van der Waals surface area contributed by atoms with Crippen molar-refractivity contribution in [2.24, 2.45) is 0 Å². The molecule has 9 heavy (non-hydrogen) atoms. The van der Waals surface area contributed by atoms with Crippen molar-refractivity contribution in [3.05, 3.63) is 0 Å². The summed E-state index contributed by atoms with van der Waals surface area (Å²) in [5.41, 5.74) is -0.154. The first-order valence-electron chi connectivity index (χ1n) is 2.72. The normalized spacial score (nSPS) is 56.6. The molecule has 2 aliphatic rings. The Morgan fingerprint density at radius 1 is 1.44 bits per heavy atom. The summed E-state index contributed by atoms with van der Waals surface area (Å²) in [6, 6.07) is 0. The minimum atomic E-state index is -1.92. The second-order valence-electron chi connectivity index (χ2n) is 2.54. The predicted octanol–water partition coefficient (Wildman–Crippen LogP) is 0.668. The first-order chi connectivity index (χ1) is 4.12. The first-order valence-corrected chi connectivity index (χ1v) is 6.48. The third-order valence-electron chi connectivity index (χ3n) is 1.39. The molecule has 0 spiro atoms. The summed E-state index contributed by atoms with van der Waals surface area (Å²) in [7, 11) is 0. The van der Waals surface area contributed by atoms with Crippen molar-refractivity contribution in [1.82, 2.24) is 0 Å². The molecule has 2 heterocycles. The Labute approximate surface area is 61.1 Å². The average molecular weight is 213 g/mol. The van der Waals surface area contributed by atoms with Crippen LogP contribution in [0.3, 0.4) is 0 Å². The van der Waals surface area contributed by atoms with Gasteiger partial charge < -0.3 is 0 Å². The summed E-state index contributed by atoms with van der Waals surface area (Å²) < 4.78 is 16.0. The molecule has 0 amide bonds. The van der Waals surface area contributed by atoms with E-state index in [1.165, 1.54) is 0 Å². The summed E-state index contributed by atoms with van der Waals surface area (Å²) in [5.74, 6) is 0. The monoisotopic (exact) mass is 214 g/mol. The summed E-state index contributed by atoms with van der Waals surface area (Å²) in [4.78, 5) is 0. The van der Waals surface area contributed by atoms with Crippen LogP contribution in [0.5, 0.6) is 0 Å². The van der Waals surface area contributed by atoms with Gasteiger partial charge in [-0.2, -0.15) is 0 Å². The predicted molar refractivity (Wildman–Crippen MR) is 34.1 cm³/mol. The van der Waals surface area contributed by atoms with Gasteiger partial charge in [-0.25, -0.2) is 0 Å². The van der Waals surface area contributed by atoms with E-state index in [4.69, 9.17) is 13.6 Å². The third-order valence-corrected chi connectivity index (χ3v) is 4.74. The quantitative estimate of drug-likeness (QED) is 0.437. The molecular formula is C4H7O3PSe. The SMILES string of the molecule is CC12COP(=[Se])(OC1)O2. The van der Waals surface area contributed by atoms with Crippen molar-refractivity contribution in [1.29, 1.82) is 0 Å². The van der Waals surface area contributed by atoms with Crippen LogP contribution in [0.4, 0.5) is 0 Å². The molecule has 52 valence electrons. The number of fused-ring (bicyclic) bond motifs is 2. The van der Waals surface area contributed by atoms with Gasteiger partial charge >= 0.3 is 60.6 Å². The molecule has 0 aliphatic carbocycles. The Hall–Kier alpha value is 0.829. The molecule has 2 aliphatic heterocycles. The van der Waals surface area contributed by atoms with Crippen molar-refractivity contribution in [3.8, 4) is 0 Å². The molecule has 0 radical (unpaired) electrons. The van der Waals surface area contributed by atoms with Crippen LogP contribution in [0.25, 0.3) is 0 Å². The fourth-order valence-corrected chi connectivity index (χ4v) is 4.37. The minimum absolute atomic E-state index is 0.154. The van der Waals surface area contributed by atoms with Gasteiger partial charge in [0.2, 0.25) is 0 Å². The number of hydrogen-bond donors (Lipinski definition) is 0. The van der Waals surface area contributed by atoms with E-state index in [9.17, 15) is 0 Å². The molecule has 2 fully saturated rings. The van der Waals surface area contributed by atoms with Crippen LogP contribution in [0.2, 0.25) is 0 Å². The molecule has 0 aromatic rings. The van der Waals surface area contributed by atoms with Gasteiger partial charge in [0.05, 0.1) is 0 Å². The zero-order chi connectivity index (χ0) is 6.54. The summed E-state index contributed by atoms with van der Waals surface area (Å²) >= 11 is 2.81. The van der Waals surface area contributed by atoms with Crippen LogP contribution in [0.15, 0.2) is 0 Å². The molecule has 2 rings (SSSR count). The fraction of sp³-hybridized carbons (Fsp3) is 1.00. The third kappa shape index (κ3) is 0.949. The second kappa shape index (κ2) is 1.70. The van der Waals surface area contributed by atoms with Gasteiger partial charge in [-0.3, -0.25) is 0 Å². The van der Waals surface area contributed by atoms with Gasteiger partial charge in [-0.05, 0) is 0 Å². The van der Waals surface area contributed by atoms with Gasteiger partial charge in [0.15, 0.2) is 0 Å². The van der Waals surface area contributed by atoms with Gasteiger partial charge in [-0.15, -0.1) is 0 Å². The Morgan fingerprint density at radius 3 is 2.11 bits per heavy atom. The Bertz CT molecular complexity index is 180. The van der Waals surface area contributed by atoms with Gasteiger partial charge in [0, 0.05) is 0 Å². The van der Waals surface area contributed by atoms with Crippen LogP contribution in [-0.4, -0.2) is 33.9 Å². The van der Waals surface area contributed by atoms with Crippen LogP contribution in [0, 0.1) is 0 Å². The molecule has 3 nitrogen and oxygen atoms in total. The van der Waals surface area contributed by atoms with E-state index in [0.717, 1.165) is 0 Å². The summed E-state index contributed by atoms with van der Waals surface area (Å²) in [5, 5.41) is 0. The van der Waals surface area contributed by atoms with E-state index < -0.39 is 6.19 Å². The van der Waals surface area contributed by atoms with Gasteiger partial charge in [0.25, 0.3) is 0 Å². The first kappa shape index (κ1) is 6.53. The summed E-state index contributed by atoms with van der Waals surface area (Å²) in [6.45, 7) is 3.35. The molecule has 0 atom stereocenters. The topological polar surface area (TPSA) is 27.7 Å². The molecule has 0 aromatic carbocycles. The van der Waals surface area contributed by atoms with Crippen molar-refractivity contribution in [3.63, 3.8) is 0 Å². The summed E-state index contributed by atoms with van der Waals surface area (Å²) in [6.07, 6.45) is -1.92. The number of rotatable bonds is 0. The van der Waals surface area contributed by atoms with Crippen LogP contribution < -0.4 is 0 Å². The standard InChI is InChI=1S/C4H7O3PSe/c1-4-2-5-8(9,7-4)6-3-4/h2-3H2,1H3. The van der Waals surface area contributed by atoms with E-state index in [0.29, 0.717) is 13.2 Å². The zero-order valence-corrected chi connectivity index (χ0v) is 7.60. The second-order valence-corrected chi connectivity index (χ2v) is 6.94. The van der Waals surface area contributed by atoms with E-state index in [1.54, 1.807) is 0 Å². The molecule has 2 bridgehead atoms. The Morgan fingerprint density at radius 2 is 2.00 bits per heavy atom. The van der Waals surface area contributed by atoms with Crippen molar-refractivity contribution in [2.45, 2.75) is 12.5 Å². The number of hydrogen-bond acceptors (Lipinski definition) is 3. The molecule has 2 saturated heterocycles. The molecular weight excluding hydrogens is 206 g/mol. The zero-order valence-electron chi connectivity index (χ0n) is 4.99. The molecule has 5 heteroatoms. The van der Waals surface area contributed by atoms with Gasteiger partial charge in [-0.1, -0.05) is 0 Å². The molecule has 0 N–H and O–H groups in total. The molecule has 0 unspecified atom stereocenters. The van der Waals surface area contributed by atoms with E-state index in [1.807, 2.05) is 6.92 Å². The van der Waals surface area contributed by atoms with Crippen molar-refractivity contribution < 1.29 is 13.6 Å². The Balaban J connectivity index is 2.35. The van der Waals surface area contributed by atoms with E-state index in [-0.39, 0.29) is 5.60 Å². The maximum absolute atomic E-state index is 5.46. The molecule has 0 aromatic heterocycles. The van der Waals surface area contributed by atoms with Crippen LogP contribution >= 0.6 is 6.19 Å². The fourth-order valence-electron chi connectivity index (χ4n) is 0.885. The van der Waals surface area contributed by atoms with E-state index in [2.05, 4.69) is 15.1 Å². The van der Waals surface area contributed by atoms with E-state index >= 15 is 0 Å². The molecule has 0 saturated carbocycles. The van der Waals surface area contributed by atoms with Crippen molar-refractivity contribution >= 4 is 21.3 Å². The van der Waals surface area contributed by atoms with Crippen molar-refractivity contribution in [2.75, 3.05) is 13.2 Å². The van der Waals surface area contributed by atoms with Gasteiger partial charge in [0.1, 0.15) is 0 Å². The maximum atomic E-state index is 5.46. The average Bonchev–Trinajstić information content (AvgIpc) is 2.19. The Kier molecular flexibility index (Phi) is 1.24.